The van der Waals surface area contributed by atoms with Crippen LogP contribution < -0.4 is 15.0 Å². The molecule has 0 atom stereocenters. The van der Waals surface area contributed by atoms with Crippen molar-refractivity contribution >= 4 is 17.1 Å². The van der Waals surface area contributed by atoms with Crippen molar-refractivity contribution in [3.05, 3.63) is 69.8 Å². The number of aromatic nitrogens is 4. The molecular formula is C21H18N4O5. The number of aromatic amines is 1. The van der Waals surface area contributed by atoms with E-state index in [9.17, 15) is 9.59 Å². The van der Waals surface area contributed by atoms with Crippen LogP contribution in [0.3, 0.4) is 0 Å². The largest absolute Gasteiger partial charge is 0.511 e. The highest BCUT2D eigenvalue weighted by atomic mass is 16.7. The van der Waals surface area contributed by atoms with Crippen LogP contribution in [0.25, 0.3) is 16.9 Å². The number of aryl methyl sites for hydroxylation is 3. The van der Waals surface area contributed by atoms with Crippen LogP contribution in [0.1, 0.15) is 16.7 Å². The topological polar surface area (TPSA) is 119 Å². The van der Waals surface area contributed by atoms with Gasteiger partial charge < -0.3 is 14.6 Å². The molecule has 0 bridgehead atoms. The summed E-state index contributed by atoms with van der Waals surface area (Å²) in [6, 6.07) is 9.21. The number of rotatable bonds is 4. The average Bonchev–Trinajstić information content (AvgIpc) is 3.13. The third kappa shape index (κ3) is 3.72. The molecule has 30 heavy (non-hydrogen) atoms. The smallest absolute Gasteiger partial charge is 0.457 e. The second-order valence-electron chi connectivity index (χ2n) is 6.86. The minimum Gasteiger partial charge on any atom is -0.457 e. The van der Waals surface area contributed by atoms with Gasteiger partial charge in [0.05, 0.1) is 23.3 Å². The molecule has 0 saturated carbocycles. The molecule has 0 spiro atoms. The molecule has 0 saturated heterocycles. The first-order valence-electron chi connectivity index (χ1n) is 9.06. The molecule has 0 radical (unpaired) electrons. The Morgan fingerprint density at radius 3 is 2.60 bits per heavy atom. The van der Waals surface area contributed by atoms with E-state index in [2.05, 4.69) is 19.8 Å². The molecule has 0 fully saturated rings. The Morgan fingerprint density at radius 1 is 1.07 bits per heavy atom. The highest BCUT2D eigenvalue weighted by Crippen LogP contribution is 2.29. The third-order valence-electron chi connectivity index (χ3n) is 4.68. The van der Waals surface area contributed by atoms with Gasteiger partial charge in [0, 0.05) is 0 Å². The standard InChI is InChI=1S/C21H18N4O5/c1-11-4-5-14(6-12(11)2)29-18-8-16-17(7-13(18)3)23-20(24-19(16)26)25-10-15(9-22-25)30-21(27)28/h4-10H,1-3H3,(H,27,28)(H,23,24,26). The number of hydrogen-bond acceptors (Lipinski definition) is 6. The summed E-state index contributed by atoms with van der Waals surface area (Å²) in [5.41, 5.74) is 3.16. The van der Waals surface area contributed by atoms with E-state index in [1.165, 1.54) is 22.6 Å². The molecule has 0 aliphatic rings. The Kier molecular flexibility index (Phi) is 4.71. The molecule has 0 unspecified atom stereocenters. The van der Waals surface area contributed by atoms with Gasteiger partial charge >= 0.3 is 6.16 Å². The van der Waals surface area contributed by atoms with Gasteiger partial charge in [0.1, 0.15) is 11.5 Å². The van der Waals surface area contributed by atoms with Crippen LogP contribution in [-0.4, -0.2) is 31.0 Å². The van der Waals surface area contributed by atoms with Crippen LogP contribution in [-0.2, 0) is 0 Å². The lowest BCUT2D eigenvalue weighted by Crippen LogP contribution is -2.14. The van der Waals surface area contributed by atoms with E-state index in [-0.39, 0.29) is 17.3 Å². The summed E-state index contributed by atoms with van der Waals surface area (Å²) in [4.78, 5) is 30.3. The monoisotopic (exact) mass is 406 g/mol. The zero-order chi connectivity index (χ0) is 21.4. The first kappa shape index (κ1) is 19.2. The van der Waals surface area contributed by atoms with Gasteiger partial charge in [-0.05, 0) is 61.7 Å². The van der Waals surface area contributed by atoms with Crippen molar-refractivity contribution in [3.8, 4) is 23.2 Å². The van der Waals surface area contributed by atoms with Crippen LogP contribution >= 0.6 is 0 Å². The summed E-state index contributed by atoms with van der Waals surface area (Å²) in [6.07, 6.45) is 1.06. The minimum atomic E-state index is -1.46. The molecule has 0 aliphatic carbocycles. The Labute approximate surface area is 170 Å². The van der Waals surface area contributed by atoms with Crippen molar-refractivity contribution in [3.63, 3.8) is 0 Å². The molecule has 2 heterocycles. The average molecular weight is 406 g/mol. The lowest BCUT2D eigenvalue weighted by molar-refractivity contribution is 0.144. The molecule has 4 aromatic rings. The van der Waals surface area contributed by atoms with Crippen LogP contribution in [0.2, 0.25) is 0 Å². The summed E-state index contributed by atoms with van der Waals surface area (Å²) < 4.78 is 11.8. The Hall–Kier alpha value is -4.14. The second-order valence-corrected chi connectivity index (χ2v) is 6.86. The molecule has 0 aliphatic heterocycles. The number of fused-ring (bicyclic) bond motifs is 1. The van der Waals surface area contributed by atoms with E-state index in [0.717, 1.165) is 11.1 Å². The number of carbonyl (C=O) groups is 1. The number of nitrogens with one attached hydrogen (secondary N) is 1. The van der Waals surface area contributed by atoms with E-state index in [1.54, 1.807) is 12.1 Å². The molecule has 2 aromatic carbocycles. The highest BCUT2D eigenvalue weighted by Gasteiger charge is 2.12. The molecule has 2 aromatic heterocycles. The fourth-order valence-electron chi connectivity index (χ4n) is 2.96. The van der Waals surface area contributed by atoms with Crippen molar-refractivity contribution in [1.29, 1.82) is 0 Å². The van der Waals surface area contributed by atoms with Gasteiger partial charge in [-0.2, -0.15) is 5.10 Å². The summed E-state index contributed by atoms with van der Waals surface area (Å²) in [6.45, 7) is 5.90. The zero-order valence-corrected chi connectivity index (χ0v) is 16.5. The van der Waals surface area contributed by atoms with Gasteiger partial charge in [-0.15, -0.1) is 0 Å². The first-order valence-corrected chi connectivity index (χ1v) is 9.06. The lowest BCUT2D eigenvalue weighted by atomic mass is 10.1. The fourth-order valence-corrected chi connectivity index (χ4v) is 2.96. The van der Waals surface area contributed by atoms with Gasteiger partial charge in [0.15, 0.2) is 5.75 Å². The molecule has 9 heteroatoms. The maximum atomic E-state index is 12.7. The van der Waals surface area contributed by atoms with Gasteiger partial charge in [0.25, 0.3) is 5.56 Å². The van der Waals surface area contributed by atoms with Crippen molar-refractivity contribution in [1.82, 2.24) is 19.7 Å². The maximum Gasteiger partial charge on any atom is 0.511 e. The number of H-pyrrole nitrogens is 1. The van der Waals surface area contributed by atoms with Crippen LogP contribution in [0.4, 0.5) is 4.79 Å². The van der Waals surface area contributed by atoms with Gasteiger partial charge in [-0.1, -0.05) is 6.07 Å². The van der Waals surface area contributed by atoms with E-state index in [0.29, 0.717) is 22.4 Å². The van der Waals surface area contributed by atoms with Crippen LogP contribution in [0.15, 0.2) is 47.5 Å². The molecular weight excluding hydrogens is 388 g/mol. The number of carboxylic acid groups (broad SMARTS) is 1. The number of hydrogen-bond donors (Lipinski definition) is 2. The quantitative estimate of drug-likeness (QED) is 0.494. The van der Waals surface area contributed by atoms with E-state index in [4.69, 9.17) is 9.84 Å². The van der Waals surface area contributed by atoms with Gasteiger partial charge in [0.2, 0.25) is 5.95 Å². The molecule has 9 nitrogen and oxygen atoms in total. The Balaban J connectivity index is 1.71. The number of nitrogens with zero attached hydrogens (tertiary/aromatic N) is 3. The van der Waals surface area contributed by atoms with Crippen LogP contribution in [0.5, 0.6) is 17.2 Å². The molecule has 2 N–H and O–H groups in total. The van der Waals surface area contributed by atoms with E-state index < -0.39 is 6.16 Å². The number of benzene rings is 2. The third-order valence-corrected chi connectivity index (χ3v) is 4.68. The second kappa shape index (κ2) is 7.36. The number of ether oxygens (including phenoxy) is 2. The maximum absolute atomic E-state index is 12.7. The van der Waals surface area contributed by atoms with Crippen LogP contribution in [0, 0.1) is 20.8 Å². The zero-order valence-electron chi connectivity index (χ0n) is 16.5. The van der Waals surface area contributed by atoms with Crippen molar-refractivity contribution in [2.24, 2.45) is 0 Å². The van der Waals surface area contributed by atoms with E-state index >= 15 is 0 Å². The van der Waals surface area contributed by atoms with Crippen molar-refractivity contribution < 1.29 is 19.4 Å². The normalized spacial score (nSPS) is 10.9. The molecule has 152 valence electrons. The fraction of sp³-hybridized carbons (Fsp3) is 0.143. The van der Waals surface area contributed by atoms with Crippen molar-refractivity contribution in [2.45, 2.75) is 20.8 Å². The van der Waals surface area contributed by atoms with Crippen molar-refractivity contribution in [2.75, 3.05) is 0 Å². The SMILES string of the molecule is Cc1ccc(Oc2cc3c(=O)[nH]c(-n4cc(OC(=O)O)cn4)nc3cc2C)cc1C. The Morgan fingerprint density at radius 2 is 1.87 bits per heavy atom. The summed E-state index contributed by atoms with van der Waals surface area (Å²) in [5.74, 6) is 1.39. The first-order chi connectivity index (χ1) is 14.3. The lowest BCUT2D eigenvalue weighted by Gasteiger charge is -2.11. The van der Waals surface area contributed by atoms with E-state index in [1.807, 2.05) is 39.0 Å². The molecule has 0 amide bonds. The Bertz CT molecular complexity index is 1340. The predicted molar refractivity (Wildman–Crippen MR) is 109 cm³/mol. The predicted octanol–water partition coefficient (Wildman–Crippen LogP) is 3.88. The highest BCUT2D eigenvalue weighted by molar-refractivity contribution is 5.81. The summed E-state index contributed by atoms with van der Waals surface area (Å²) in [7, 11) is 0. The van der Waals surface area contributed by atoms with Gasteiger partial charge in [-0.25, -0.2) is 14.5 Å². The molecule has 4 rings (SSSR count). The van der Waals surface area contributed by atoms with Gasteiger partial charge in [-0.3, -0.25) is 9.78 Å². The summed E-state index contributed by atoms with van der Waals surface area (Å²) in [5, 5.41) is 13.0. The summed E-state index contributed by atoms with van der Waals surface area (Å²) >= 11 is 0. The minimum absolute atomic E-state index is 0.0126.